The molecular weight excluding hydrogens is 412 g/mol. The first-order chi connectivity index (χ1) is 14.7. The van der Waals surface area contributed by atoms with Gasteiger partial charge in [-0.1, -0.05) is 17.7 Å². The summed E-state index contributed by atoms with van der Waals surface area (Å²) in [6.07, 6.45) is 3.83. The zero-order chi connectivity index (χ0) is 22.7. The minimum Gasteiger partial charge on any atom is -0.365 e. The number of rotatable bonds is 7. The van der Waals surface area contributed by atoms with Gasteiger partial charge in [0.1, 0.15) is 5.00 Å². The van der Waals surface area contributed by atoms with Crippen molar-refractivity contribution in [2.75, 3.05) is 30.8 Å². The van der Waals surface area contributed by atoms with Gasteiger partial charge < -0.3 is 16.4 Å². The lowest BCUT2D eigenvalue weighted by Crippen LogP contribution is -2.36. The molecule has 1 aromatic carbocycles. The van der Waals surface area contributed by atoms with Crippen molar-refractivity contribution < 1.29 is 14.4 Å². The van der Waals surface area contributed by atoms with Crippen LogP contribution in [-0.4, -0.2) is 42.8 Å². The molecule has 1 heterocycles. The Kier molecular flexibility index (Phi) is 7.12. The maximum absolute atomic E-state index is 12.6. The van der Waals surface area contributed by atoms with Crippen molar-refractivity contribution in [2.45, 2.75) is 46.5 Å². The summed E-state index contributed by atoms with van der Waals surface area (Å²) < 4.78 is 0. The predicted molar refractivity (Wildman–Crippen MR) is 125 cm³/mol. The van der Waals surface area contributed by atoms with E-state index in [4.69, 9.17) is 5.73 Å². The van der Waals surface area contributed by atoms with Gasteiger partial charge in [-0.05, 0) is 70.2 Å². The highest BCUT2D eigenvalue weighted by Crippen LogP contribution is 2.37. The van der Waals surface area contributed by atoms with E-state index in [1.165, 1.54) is 11.3 Å². The molecule has 2 aromatic rings. The van der Waals surface area contributed by atoms with E-state index in [0.717, 1.165) is 58.5 Å². The first kappa shape index (κ1) is 23.0. The molecule has 8 heteroatoms. The molecule has 0 radical (unpaired) electrons. The summed E-state index contributed by atoms with van der Waals surface area (Å²) in [7, 11) is 1.71. The second kappa shape index (κ2) is 9.62. The number of carbonyl (C=O) groups excluding carboxylic acids is 3. The average molecular weight is 443 g/mol. The average Bonchev–Trinajstić information content (AvgIpc) is 3.02. The molecular formula is C23H30N4O3S. The summed E-state index contributed by atoms with van der Waals surface area (Å²) in [6, 6.07) is 4.05. The van der Waals surface area contributed by atoms with Crippen molar-refractivity contribution in [2.24, 2.45) is 5.73 Å². The SMILES string of the molecule is Cc1cc(C)c(NC(=O)CN(C)CC(=O)Nc2sc3c(c2C(N)=O)CCCC3)c(C)c1. The molecule has 3 rings (SSSR count). The molecule has 31 heavy (non-hydrogen) atoms. The van der Waals surface area contributed by atoms with Crippen LogP contribution in [0, 0.1) is 20.8 Å². The summed E-state index contributed by atoms with van der Waals surface area (Å²) in [6.45, 7) is 6.04. The van der Waals surface area contributed by atoms with Crippen molar-refractivity contribution in [1.82, 2.24) is 4.90 Å². The van der Waals surface area contributed by atoms with Gasteiger partial charge in [0.05, 0.1) is 18.7 Å². The second-order valence-corrected chi connectivity index (χ2v) is 9.43. The van der Waals surface area contributed by atoms with E-state index in [0.29, 0.717) is 10.6 Å². The third-order valence-electron chi connectivity index (χ3n) is 5.44. The Morgan fingerprint density at radius 3 is 2.19 bits per heavy atom. The van der Waals surface area contributed by atoms with Crippen LogP contribution in [0.1, 0.15) is 50.3 Å². The van der Waals surface area contributed by atoms with Gasteiger partial charge in [0, 0.05) is 10.6 Å². The van der Waals surface area contributed by atoms with E-state index in [1.807, 2.05) is 32.9 Å². The van der Waals surface area contributed by atoms with Crippen molar-refractivity contribution in [3.05, 3.63) is 44.8 Å². The quantitative estimate of drug-likeness (QED) is 0.613. The summed E-state index contributed by atoms with van der Waals surface area (Å²) >= 11 is 1.44. The lowest BCUT2D eigenvalue weighted by Gasteiger charge is -2.18. The molecule has 166 valence electrons. The van der Waals surface area contributed by atoms with Crippen LogP contribution in [0.2, 0.25) is 0 Å². The summed E-state index contributed by atoms with van der Waals surface area (Å²) in [5, 5.41) is 6.30. The van der Waals surface area contributed by atoms with Gasteiger partial charge >= 0.3 is 0 Å². The molecule has 1 aliphatic carbocycles. The number of fused-ring (bicyclic) bond motifs is 1. The maximum Gasteiger partial charge on any atom is 0.251 e. The van der Waals surface area contributed by atoms with Gasteiger partial charge in [-0.15, -0.1) is 11.3 Å². The molecule has 0 bridgehead atoms. The van der Waals surface area contributed by atoms with Gasteiger partial charge in [0.15, 0.2) is 0 Å². The van der Waals surface area contributed by atoms with E-state index in [-0.39, 0.29) is 24.9 Å². The molecule has 0 aliphatic heterocycles. The fraction of sp³-hybridized carbons (Fsp3) is 0.435. The Labute approximate surface area is 187 Å². The topological polar surface area (TPSA) is 105 Å². The molecule has 0 atom stereocenters. The van der Waals surface area contributed by atoms with Crippen molar-refractivity contribution in [3.8, 4) is 0 Å². The summed E-state index contributed by atoms with van der Waals surface area (Å²) in [5.41, 5.74) is 11.0. The first-order valence-corrected chi connectivity index (χ1v) is 11.3. The molecule has 1 aromatic heterocycles. The number of anilines is 2. The van der Waals surface area contributed by atoms with Crippen LogP contribution >= 0.6 is 11.3 Å². The number of hydrogen-bond acceptors (Lipinski definition) is 5. The van der Waals surface area contributed by atoms with Gasteiger partial charge in [0.2, 0.25) is 11.8 Å². The fourth-order valence-corrected chi connectivity index (χ4v) is 5.49. The molecule has 0 unspecified atom stereocenters. The molecule has 3 amide bonds. The molecule has 0 saturated carbocycles. The third-order valence-corrected chi connectivity index (χ3v) is 6.65. The molecule has 1 aliphatic rings. The number of hydrogen-bond donors (Lipinski definition) is 3. The van der Waals surface area contributed by atoms with Crippen LogP contribution in [0.15, 0.2) is 12.1 Å². The first-order valence-electron chi connectivity index (χ1n) is 10.5. The fourth-order valence-electron chi connectivity index (χ4n) is 4.18. The minimum absolute atomic E-state index is 0.0278. The van der Waals surface area contributed by atoms with Crippen LogP contribution < -0.4 is 16.4 Å². The van der Waals surface area contributed by atoms with Crippen molar-refractivity contribution in [1.29, 1.82) is 0 Å². The molecule has 7 nitrogen and oxygen atoms in total. The Bertz CT molecular complexity index is 1010. The van der Waals surface area contributed by atoms with Crippen LogP contribution in [0.4, 0.5) is 10.7 Å². The number of aryl methyl sites for hydroxylation is 4. The number of thiophene rings is 1. The van der Waals surface area contributed by atoms with Gasteiger partial charge in [-0.25, -0.2) is 0 Å². The number of nitrogens with one attached hydrogen (secondary N) is 2. The van der Waals surface area contributed by atoms with Crippen LogP contribution in [0.3, 0.4) is 0 Å². The number of nitrogens with two attached hydrogens (primary N) is 1. The lowest BCUT2D eigenvalue weighted by molar-refractivity contribution is -0.119. The molecule has 4 N–H and O–H groups in total. The Morgan fingerprint density at radius 1 is 1.00 bits per heavy atom. The highest BCUT2D eigenvalue weighted by Gasteiger charge is 2.25. The molecule has 0 fully saturated rings. The van der Waals surface area contributed by atoms with Gasteiger partial charge in [-0.2, -0.15) is 0 Å². The highest BCUT2D eigenvalue weighted by atomic mass is 32.1. The van der Waals surface area contributed by atoms with Crippen molar-refractivity contribution >= 4 is 39.7 Å². The highest BCUT2D eigenvalue weighted by molar-refractivity contribution is 7.17. The zero-order valence-electron chi connectivity index (χ0n) is 18.6. The van der Waals surface area contributed by atoms with Gasteiger partial charge in [-0.3, -0.25) is 19.3 Å². The van der Waals surface area contributed by atoms with E-state index < -0.39 is 5.91 Å². The largest absolute Gasteiger partial charge is 0.365 e. The van der Waals surface area contributed by atoms with E-state index in [9.17, 15) is 14.4 Å². The number of primary amides is 1. The third kappa shape index (κ3) is 5.51. The minimum atomic E-state index is -0.508. The Morgan fingerprint density at radius 2 is 1.58 bits per heavy atom. The Balaban J connectivity index is 1.60. The van der Waals surface area contributed by atoms with Crippen LogP contribution in [-0.2, 0) is 22.4 Å². The van der Waals surface area contributed by atoms with E-state index in [1.54, 1.807) is 11.9 Å². The van der Waals surface area contributed by atoms with Crippen LogP contribution in [0.25, 0.3) is 0 Å². The van der Waals surface area contributed by atoms with Crippen molar-refractivity contribution in [3.63, 3.8) is 0 Å². The summed E-state index contributed by atoms with van der Waals surface area (Å²) in [4.78, 5) is 39.8. The number of nitrogens with zero attached hydrogens (tertiary/aromatic N) is 1. The second-order valence-electron chi connectivity index (χ2n) is 8.32. The Hall–Kier alpha value is -2.71. The number of benzene rings is 1. The lowest BCUT2D eigenvalue weighted by atomic mass is 9.95. The summed E-state index contributed by atoms with van der Waals surface area (Å²) in [5.74, 6) is -0.972. The smallest absolute Gasteiger partial charge is 0.251 e. The molecule has 0 saturated heterocycles. The number of likely N-dealkylation sites (N-methyl/N-ethyl adjacent to an activating group) is 1. The monoisotopic (exact) mass is 442 g/mol. The maximum atomic E-state index is 12.6. The van der Waals surface area contributed by atoms with Gasteiger partial charge in [0.25, 0.3) is 5.91 Å². The zero-order valence-corrected chi connectivity index (χ0v) is 19.4. The normalized spacial score (nSPS) is 13.1. The number of amides is 3. The molecule has 0 spiro atoms. The standard InChI is InChI=1S/C23H30N4O3S/c1-13-9-14(2)21(15(3)10-13)25-18(28)11-27(4)12-19(29)26-23-20(22(24)30)16-7-5-6-8-17(16)31-23/h9-10H,5-8,11-12H2,1-4H3,(H2,24,30)(H,25,28)(H,26,29). The predicted octanol–water partition coefficient (Wildman–Crippen LogP) is 3.16. The van der Waals surface area contributed by atoms with E-state index >= 15 is 0 Å². The van der Waals surface area contributed by atoms with Crippen LogP contribution in [0.5, 0.6) is 0 Å². The van der Waals surface area contributed by atoms with E-state index in [2.05, 4.69) is 10.6 Å². The number of carbonyl (C=O) groups is 3.